The fourth-order valence-electron chi connectivity index (χ4n) is 3.63. The van der Waals surface area contributed by atoms with Crippen molar-refractivity contribution in [3.63, 3.8) is 0 Å². The van der Waals surface area contributed by atoms with Crippen molar-refractivity contribution in [3.05, 3.63) is 54.0 Å². The zero-order valence-electron chi connectivity index (χ0n) is 17.2. The Kier molecular flexibility index (Phi) is 5.72. The van der Waals surface area contributed by atoms with Crippen molar-refractivity contribution in [2.24, 2.45) is 0 Å². The lowest BCUT2D eigenvalue weighted by atomic mass is 10.0. The fourth-order valence-corrected chi connectivity index (χ4v) is 3.63. The fraction of sp³-hybridized carbons (Fsp3) is 0.304. The van der Waals surface area contributed by atoms with Crippen LogP contribution in [0.2, 0.25) is 0 Å². The van der Waals surface area contributed by atoms with Crippen molar-refractivity contribution >= 4 is 28.8 Å². The Morgan fingerprint density at radius 1 is 1.20 bits per heavy atom. The number of nitrogens with one attached hydrogen (secondary N) is 2. The van der Waals surface area contributed by atoms with E-state index in [1.165, 1.54) is 13.0 Å². The van der Waals surface area contributed by atoms with Crippen molar-refractivity contribution in [1.82, 2.24) is 25.2 Å². The summed E-state index contributed by atoms with van der Waals surface area (Å²) >= 11 is 0. The zero-order chi connectivity index (χ0) is 21.1. The van der Waals surface area contributed by atoms with E-state index in [9.17, 15) is 9.59 Å². The number of aromatic amines is 1. The van der Waals surface area contributed by atoms with Crippen molar-refractivity contribution in [2.45, 2.75) is 25.8 Å². The van der Waals surface area contributed by atoms with Gasteiger partial charge in [-0.25, -0.2) is 4.98 Å². The van der Waals surface area contributed by atoms with Crippen LogP contribution in [0.5, 0.6) is 0 Å². The summed E-state index contributed by atoms with van der Waals surface area (Å²) in [7, 11) is 2.10. The molecule has 4 rings (SSSR count). The summed E-state index contributed by atoms with van der Waals surface area (Å²) < 4.78 is 0. The van der Waals surface area contributed by atoms with Gasteiger partial charge >= 0.3 is 0 Å². The van der Waals surface area contributed by atoms with Crippen LogP contribution in [0.3, 0.4) is 0 Å². The highest BCUT2D eigenvalue weighted by Gasteiger charge is 2.19. The third-order valence-corrected chi connectivity index (χ3v) is 5.44. The SMILES string of the molecule is CC(=O)/C=C/c1c[nH]c2ncc(-c3ccc(C(=O)NC4CCN(C)CC4)cn3)cc12. The van der Waals surface area contributed by atoms with E-state index in [1.54, 1.807) is 24.5 Å². The molecule has 1 saturated heterocycles. The first-order valence-corrected chi connectivity index (χ1v) is 10.1. The summed E-state index contributed by atoms with van der Waals surface area (Å²) in [6.45, 7) is 3.52. The molecule has 0 unspecified atom stereocenters. The number of pyridine rings is 2. The number of carbonyl (C=O) groups excluding carboxylic acids is 2. The molecule has 4 heterocycles. The lowest BCUT2D eigenvalue weighted by Gasteiger charge is -2.29. The molecule has 1 fully saturated rings. The average molecular weight is 403 g/mol. The molecule has 0 saturated carbocycles. The predicted octanol–water partition coefficient (Wildman–Crippen LogP) is 3.05. The highest BCUT2D eigenvalue weighted by Crippen LogP contribution is 2.24. The molecule has 0 spiro atoms. The molecule has 0 aromatic carbocycles. The highest BCUT2D eigenvalue weighted by molar-refractivity contribution is 5.96. The van der Waals surface area contributed by atoms with E-state index in [0.29, 0.717) is 5.56 Å². The lowest BCUT2D eigenvalue weighted by Crippen LogP contribution is -2.43. The number of piperidine rings is 1. The minimum Gasteiger partial charge on any atom is -0.349 e. The van der Waals surface area contributed by atoms with E-state index >= 15 is 0 Å². The van der Waals surface area contributed by atoms with E-state index in [2.05, 4.69) is 32.2 Å². The molecular weight excluding hydrogens is 378 g/mol. The van der Waals surface area contributed by atoms with Gasteiger partial charge in [-0.1, -0.05) is 0 Å². The van der Waals surface area contributed by atoms with Crippen LogP contribution in [0, 0.1) is 0 Å². The number of hydrogen-bond donors (Lipinski definition) is 2. The number of amides is 1. The zero-order valence-corrected chi connectivity index (χ0v) is 17.2. The number of hydrogen-bond acceptors (Lipinski definition) is 5. The van der Waals surface area contributed by atoms with E-state index in [1.807, 2.05) is 18.3 Å². The maximum absolute atomic E-state index is 12.5. The largest absolute Gasteiger partial charge is 0.349 e. The van der Waals surface area contributed by atoms with Crippen LogP contribution < -0.4 is 5.32 Å². The molecule has 0 atom stereocenters. The van der Waals surface area contributed by atoms with E-state index < -0.39 is 0 Å². The molecule has 0 aliphatic carbocycles. The van der Waals surface area contributed by atoms with E-state index in [-0.39, 0.29) is 17.7 Å². The van der Waals surface area contributed by atoms with Crippen LogP contribution in [0.15, 0.2) is 42.9 Å². The molecule has 1 aliphatic rings. The van der Waals surface area contributed by atoms with Gasteiger partial charge in [0.2, 0.25) is 0 Å². The summed E-state index contributed by atoms with van der Waals surface area (Å²) in [5, 5.41) is 4.02. The third kappa shape index (κ3) is 4.46. The number of carbonyl (C=O) groups is 2. The molecule has 154 valence electrons. The first-order valence-electron chi connectivity index (χ1n) is 10.1. The van der Waals surface area contributed by atoms with Gasteiger partial charge in [-0.2, -0.15) is 0 Å². The quantitative estimate of drug-likeness (QED) is 0.639. The first kappa shape index (κ1) is 20.0. The number of nitrogens with zero attached hydrogens (tertiary/aromatic N) is 3. The van der Waals surface area contributed by atoms with Gasteiger partial charge in [-0.15, -0.1) is 0 Å². The van der Waals surface area contributed by atoms with Crippen LogP contribution in [-0.4, -0.2) is 57.7 Å². The maximum Gasteiger partial charge on any atom is 0.253 e. The first-order chi connectivity index (χ1) is 14.5. The minimum atomic E-state index is -0.0838. The summed E-state index contributed by atoms with van der Waals surface area (Å²) in [4.78, 5) is 38.1. The monoisotopic (exact) mass is 403 g/mol. The van der Waals surface area contributed by atoms with Crippen molar-refractivity contribution < 1.29 is 9.59 Å². The van der Waals surface area contributed by atoms with Crippen LogP contribution in [0.25, 0.3) is 28.4 Å². The molecule has 2 N–H and O–H groups in total. The normalized spacial score (nSPS) is 15.7. The van der Waals surface area contributed by atoms with Gasteiger partial charge in [-0.05, 0) is 70.3 Å². The molecule has 30 heavy (non-hydrogen) atoms. The number of aromatic nitrogens is 3. The molecule has 3 aromatic heterocycles. The molecule has 1 aliphatic heterocycles. The molecule has 0 bridgehead atoms. The van der Waals surface area contributed by atoms with Crippen LogP contribution in [0.4, 0.5) is 0 Å². The summed E-state index contributed by atoms with van der Waals surface area (Å²) in [6.07, 6.45) is 10.4. The van der Waals surface area contributed by atoms with Gasteiger partial charge < -0.3 is 15.2 Å². The van der Waals surface area contributed by atoms with Crippen molar-refractivity contribution in [1.29, 1.82) is 0 Å². The molecule has 0 radical (unpaired) electrons. The summed E-state index contributed by atoms with van der Waals surface area (Å²) in [5.41, 5.74) is 3.78. The maximum atomic E-state index is 12.5. The Morgan fingerprint density at radius 3 is 2.70 bits per heavy atom. The second-order valence-corrected chi connectivity index (χ2v) is 7.79. The van der Waals surface area contributed by atoms with Gasteiger partial charge in [-0.3, -0.25) is 14.6 Å². The second-order valence-electron chi connectivity index (χ2n) is 7.79. The number of ketones is 1. The molecule has 3 aromatic rings. The topological polar surface area (TPSA) is 91.0 Å². The number of allylic oxidation sites excluding steroid dienone is 1. The standard InChI is InChI=1S/C23H25N5O2/c1-15(29)3-4-16-12-25-22-20(16)11-18(14-26-22)21-6-5-17(13-24-21)23(30)27-19-7-9-28(2)10-8-19/h3-6,11-14,19H,7-10H2,1-2H3,(H,25,26)(H,27,30)/b4-3+. The van der Waals surface area contributed by atoms with Crippen LogP contribution in [-0.2, 0) is 4.79 Å². The third-order valence-electron chi connectivity index (χ3n) is 5.44. The Morgan fingerprint density at radius 2 is 2.00 bits per heavy atom. The van der Waals surface area contributed by atoms with Crippen LogP contribution >= 0.6 is 0 Å². The molecule has 1 amide bonds. The number of likely N-dealkylation sites (tertiary alicyclic amines) is 1. The molecule has 7 heteroatoms. The molecular formula is C23H25N5O2. The highest BCUT2D eigenvalue weighted by atomic mass is 16.1. The number of fused-ring (bicyclic) bond motifs is 1. The van der Waals surface area contributed by atoms with Crippen molar-refractivity contribution in [3.8, 4) is 11.3 Å². The van der Waals surface area contributed by atoms with Crippen molar-refractivity contribution in [2.75, 3.05) is 20.1 Å². The number of rotatable bonds is 5. The van der Waals surface area contributed by atoms with Gasteiger partial charge in [0, 0.05) is 41.1 Å². The average Bonchev–Trinajstić information content (AvgIpc) is 3.16. The summed E-state index contributed by atoms with van der Waals surface area (Å²) in [6, 6.07) is 5.84. The Balaban J connectivity index is 1.50. The van der Waals surface area contributed by atoms with Gasteiger partial charge in [0.15, 0.2) is 5.78 Å². The Bertz CT molecular complexity index is 1090. The van der Waals surface area contributed by atoms with E-state index in [4.69, 9.17) is 0 Å². The number of H-pyrrole nitrogens is 1. The smallest absolute Gasteiger partial charge is 0.253 e. The van der Waals surface area contributed by atoms with Gasteiger partial charge in [0.25, 0.3) is 5.91 Å². The van der Waals surface area contributed by atoms with E-state index in [0.717, 1.165) is 53.8 Å². The van der Waals surface area contributed by atoms with Gasteiger partial charge in [0.05, 0.1) is 11.3 Å². The summed E-state index contributed by atoms with van der Waals surface area (Å²) in [5.74, 6) is -0.0938. The minimum absolute atomic E-state index is 0.00996. The Labute approximate surface area is 175 Å². The Hall–Kier alpha value is -3.32. The van der Waals surface area contributed by atoms with Crippen LogP contribution in [0.1, 0.15) is 35.7 Å². The lowest BCUT2D eigenvalue weighted by molar-refractivity contribution is -0.112. The predicted molar refractivity (Wildman–Crippen MR) is 117 cm³/mol. The second kappa shape index (κ2) is 8.59. The molecule has 7 nitrogen and oxygen atoms in total. The van der Waals surface area contributed by atoms with Gasteiger partial charge in [0.1, 0.15) is 5.65 Å².